The Hall–Kier alpha value is -3.67. The van der Waals surface area contributed by atoms with Gasteiger partial charge in [0.15, 0.2) is 5.43 Å². The lowest BCUT2D eigenvalue weighted by Gasteiger charge is -2.03. The average Bonchev–Trinajstić information content (AvgIpc) is 2.67. The van der Waals surface area contributed by atoms with Crippen LogP contribution in [0.3, 0.4) is 0 Å². The number of esters is 1. The number of methoxy groups -OCH3 is 1. The van der Waals surface area contributed by atoms with Crippen molar-refractivity contribution < 1.29 is 18.7 Å². The second kappa shape index (κ2) is 7.48. The molecule has 0 spiro atoms. The number of carbonyl (C=O) groups is 2. The fraction of sp³-hybridized carbons (Fsp3) is 0.0500. The van der Waals surface area contributed by atoms with Crippen molar-refractivity contribution in [2.45, 2.75) is 0 Å². The van der Waals surface area contributed by atoms with Crippen molar-refractivity contribution in [2.75, 3.05) is 12.4 Å². The maximum Gasteiger partial charge on any atom is 0.337 e. The Morgan fingerprint density at radius 3 is 2.54 bits per heavy atom. The molecule has 130 valence electrons. The summed E-state index contributed by atoms with van der Waals surface area (Å²) in [4.78, 5) is 35.7. The summed E-state index contributed by atoms with van der Waals surface area (Å²) in [6.07, 6.45) is 3.96. The number of anilines is 1. The first-order valence-corrected chi connectivity index (χ1v) is 7.76. The van der Waals surface area contributed by atoms with Crippen LogP contribution < -0.4 is 10.7 Å². The largest absolute Gasteiger partial charge is 0.465 e. The Balaban J connectivity index is 1.73. The number of fused-ring (bicyclic) bond motifs is 1. The van der Waals surface area contributed by atoms with Crippen molar-refractivity contribution in [1.82, 2.24) is 0 Å². The van der Waals surface area contributed by atoms with Crippen LogP contribution in [-0.4, -0.2) is 19.0 Å². The van der Waals surface area contributed by atoms with Gasteiger partial charge in [0, 0.05) is 11.8 Å². The second-order valence-electron chi connectivity index (χ2n) is 5.41. The van der Waals surface area contributed by atoms with Crippen molar-refractivity contribution in [3.63, 3.8) is 0 Å². The zero-order valence-electron chi connectivity index (χ0n) is 13.9. The van der Waals surface area contributed by atoms with E-state index in [-0.39, 0.29) is 11.0 Å². The molecule has 1 heterocycles. The molecule has 0 aliphatic rings. The second-order valence-corrected chi connectivity index (χ2v) is 5.41. The summed E-state index contributed by atoms with van der Waals surface area (Å²) in [6, 6.07) is 13.2. The molecule has 1 amide bonds. The molecule has 26 heavy (non-hydrogen) atoms. The van der Waals surface area contributed by atoms with Crippen molar-refractivity contribution in [3.8, 4) is 0 Å². The SMILES string of the molecule is COC(=O)c1ccc(NC(=O)/C=C/c2coc3ccccc3c2=O)cc1. The lowest BCUT2D eigenvalue weighted by molar-refractivity contribution is -0.111. The third kappa shape index (κ3) is 3.70. The zero-order chi connectivity index (χ0) is 18.5. The normalized spacial score (nSPS) is 10.8. The molecule has 0 atom stereocenters. The number of ether oxygens (including phenoxy) is 1. The van der Waals surface area contributed by atoms with Crippen LogP contribution in [0.15, 0.2) is 70.1 Å². The standard InChI is InChI=1S/C20H15NO5/c1-25-20(24)13-6-9-15(10-7-13)21-18(22)11-8-14-12-26-17-5-3-2-4-16(17)19(14)23/h2-12H,1H3,(H,21,22)/b11-8+. The molecule has 0 bridgehead atoms. The minimum atomic E-state index is -0.453. The summed E-state index contributed by atoms with van der Waals surface area (Å²) >= 11 is 0. The fourth-order valence-electron chi connectivity index (χ4n) is 2.36. The van der Waals surface area contributed by atoms with Gasteiger partial charge < -0.3 is 14.5 Å². The molecule has 3 rings (SSSR count). The van der Waals surface area contributed by atoms with E-state index in [2.05, 4.69) is 10.1 Å². The highest BCUT2D eigenvalue weighted by Crippen LogP contribution is 2.12. The lowest BCUT2D eigenvalue weighted by atomic mass is 10.1. The summed E-state index contributed by atoms with van der Waals surface area (Å²) in [5.74, 6) is -0.867. The number of nitrogens with one attached hydrogen (secondary N) is 1. The Morgan fingerprint density at radius 2 is 1.81 bits per heavy atom. The third-order valence-corrected chi connectivity index (χ3v) is 3.69. The Labute approximate surface area is 148 Å². The zero-order valence-corrected chi connectivity index (χ0v) is 13.9. The number of rotatable bonds is 4. The average molecular weight is 349 g/mol. The van der Waals surface area contributed by atoms with E-state index in [4.69, 9.17) is 4.42 Å². The molecule has 0 aliphatic carbocycles. The van der Waals surface area contributed by atoms with E-state index < -0.39 is 11.9 Å². The molecule has 0 saturated heterocycles. The van der Waals surface area contributed by atoms with Crippen LogP contribution in [0.4, 0.5) is 5.69 Å². The molecule has 0 fully saturated rings. The highest BCUT2D eigenvalue weighted by atomic mass is 16.5. The smallest absolute Gasteiger partial charge is 0.337 e. The predicted molar refractivity (Wildman–Crippen MR) is 97.9 cm³/mol. The number of benzene rings is 2. The first-order valence-electron chi connectivity index (χ1n) is 7.76. The predicted octanol–water partition coefficient (Wildman–Crippen LogP) is 3.23. The molecule has 2 aromatic carbocycles. The van der Waals surface area contributed by atoms with Crippen LogP contribution in [0, 0.1) is 0 Å². The first-order chi connectivity index (χ1) is 12.6. The quantitative estimate of drug-likeness (QED) is 0.577. The summed E-state index contributed by atoms with van der Waals surface area (Å²) in [7, 11) is 1.30. The topological polar surface area (TPSA) is 85.6 Å². The van der Waals surface area contributed by atoms with E-state index in [1.807, 2.05) is 0 Å². The van der Waals surface area contributed by atoms with Crippen molar-refractivity contribution in [1.29, 1.82) is 0 Å². The van der Waals surface area contributed by atoms with Crippen molar-refractivity contribution in [3.05, 3.63) is 82.2 Å². The van der Waals surface area contributed by atoms with Crippen LogP contribution in [0.1, 0.15) is 15.9 Å². The van der Waals surface area contributed by atoms with Crippen molar-refractivity contribution in [2.24, 2.45) is 0 Å². The Kier molecular flexibility index (Phi) is 4.94. The van der Waals surface area contributed by atoms with Crippen molar-refractivity contribution >= 4 is 34.6 Å². The monoisotopic (exact) mass is 349 g/mol. The highest BCUT2D eigenvalue weighted by molar-refractivity contribution is 6.02. The minimum Gasteiger partial charge on any atom is -0.465 e. The van der Waals surface area contributed by atoms with Crippen LogP contribution in [-0.2, 0) is 9.53 Å². The van der Waals surface area contributed by atoms with E-state index in [1.54, 1.807) is 48.5 Å². The van der Waals surface area contributed by atoms with E-state index >= 15 is 0 Å². The highest BCUT2D eigenvalue weighted by Gasteiger charge is 2.06. The molecular weight excluding hydrogens is 334 g/mol. The molecule has 6 heteroatoms. The lowest BCUT2D eigenvalue weighted by Crippen LogP contribution is -2.09. The molecule has 3 aromatic rings. The molecule has 0 radical (unpaired) electrons. The molecule has 0 saturated carbocycles. The maximum absolute atomic E-state index is 12.3. The molecule has 0 unspecified atom stereocenters. The number of amides is 1. The number of carbonyl (C=O) groups excluding carboxylic acids is 2. The van der Waals surface area contributed by atoms with Gasteiger partial charge in [-0.15, -0.1) is 0 Å². The van der Waals surface area contributed by atoms with Gasteiger partial charge in [0.25, 0.3) is 0 Å². The van der Waals surface area contributed by atoms with E-state index in [9.17, 15) is 14.4 Å². The van der Waals surface area contributed by atoms with Gasteiger partial charge >= 0.3 is 5.97 Å². The maximum atomic E-state index is 12.3. The third-order valence-electron chi connectivity index (χ3n) is 3.69. The summed E-state index contributed by atoms with van der Waals surface area (Å²) in [5, 5.41) is 3.09. The minimum absolute atomic E-state index is 0.210. The summed E-state index contributed by atoms with van der Waals surface area (Å²) in [6.45, 7) is 0. The Morgan fingerprint density at radius 1 is 1.08 bits per heavy atom. The molecule has 1 N–H and O–H groups in total. The number of hydrogen-bond donors (Lipinski definition) is 1. The first kappa shape index (κ1) is 17.2. The van der Waals surface area contributed by atoms with Gasteiger partial charge in [-0.25, -0.2) is 4.79 Å². The van der Waals surface area contributed by atoms with Gasteiger partial charge in [-0.2, -0.15) is 0 Å². The van der Waals surface area contributed by atoms with E-state index in [1.165, 1.54) is 25.5 Å². The molecular formula is C20H15NO5. The number of hydrogen-bond acceptors (Lipinski definition) is 5. The Bertz CT molecular complexity index is 1050. The van der Waals surface area contributed by atoms with E-state index in [0.29, 0.717) is 22.2 Å². The van der Waals surface area contributed by atoms with Crippen LogP contribution in [0.25, 0.3) is 17.0 Å². The van der Waals surface area contributed by atoms with Gasteiger partial charge in [-0.05, 0) is 42.5 Å². The summed E-state index contributed by atoms with van der Waals surface area (Å²) in [5.41, 5.74) is 1.45. The summed E-state index contributed by atoms with van der Waals surface area (Å²) < 4.78 is 10.0. The van der Waals surface area contributed by atoms with Crippen LogP contribution in [0.5, 0.6) is 0 Å². The van der Waals surface area contributed by atoms with Gasteiger partial charge in [-0.3, -0.25) is 9.59 Å². The fourth-order valence-corrected chi connectivity index (χ4v) is 2.36. The molecule has 6 nitrogen and oxygen atoms in total. The number of para-hydroxylation sites is 1. The van der Waals surface area contributed by atoms with Gasteiger partial charge in [-0.1, -0.05) is 12.1 Å². The van der Waals surface area contributed by atoms with Crippen LogP contribution in [0.2, 0.25) is 0 Å². The van der Waals surface area contributed by atoms with Crippen LogP contribution >= 0.6 is 0 Å². The van der Waals surface area contributed by atoms with Gasteiger partial charge in [0.05, 0.1) is 23.6 Å². The van der Waals surface area contributed by atoms with Gasteiger partial charge in [0.2, 0.25) is 5.91 Å². The molecule has 1 aromatic heterocycles. The van der Waals surface area contributed by atoms with E-state index in [0.717, 1.165) is 0 Å². The molecule has 0 aliphatic heterocycles. The van der Waals surface area contributed by atoms with Gasteiger partial charge in [0.1, 0.15) is 11.8 Å².